The second-order valence-electron chi connectivity index (χ2n) is 5.77. The van der Waals surface area contributed by atoms with Crippen molar-refractivity contribution in [3.8, 4) is 11.5 Å². The van der Waals surface area contributed by atoms with E-state index in [1.54, 1.807) is 7.11 Å². The van der Waals surface area contributed by atoms with Crippen LogP contribution in [0.2, 0.25) is 0 Å². The van der Waals surface area contributed by atoms with Crippen LogP contribution >= 0.6 is 0 Å². The maximum Gasteiger partial charge on any atom is 0.147 e. The molecule has 4 heteroatoms. The van der Waals surface area contributed by atoms with Crippen LogP contribution in [-0.2, 0) is 6.42 Å². The highest BCUT2D eigenvalue weighted by molar-refractivity contribution is 5.27. The van der Waals surface area contributed by atoms with E-state index in [9.17, 15) is 0 Å². The first-order valence-corrected chi connectivity index (χ1v) is 8.17. The van der Waals surface area contributed by atoms with Crippen LogP contribution in [0.3, 0.4) is 0 Å². The summed E-state index contributed by atoms with van der Waals surface area (Å²) in [6.45, 7) is 5.06. The summed E-state index contributed by atoms with van der Waals surface area (Å²) >= 11 is 0. The average Bonchev–Trinajstić information content (AvgIpc) is 2.62. The molecule has 0 N–H and O–H groups in total. The first-order valence-electron chi connectivity index (χ1n) is 8.17. The molecule has 0 atom stereocenters. The molecule has 1 aliphatic rings. The highest BCUT2D eigenvalue weighted by Crippen LogP contribution is 2.14. The first kappa shape index (κ1) is 15.8. The van der Waals surface area contributed by atoms with E-state index in [1.165, 1.54) is 5.56 Å². The van der Waals surface area contributed by atoms with Crippen LogP contribution < -0.4 is 9.57 Å². The van der Waals surface area contributed by atoms with Crippen LogP contribution in [0.1, 0.15) is 5.56 Å². The highest BCUT2D eigenvalue weighted by atomic mass is 16.7. The van der Waals surface area contributed by atoms with E-state index in [-0.39, 0.29) is 0 Å². The minimum absolute atomic E-state index is 0.916. The summed E-state index contributed by atoms with van der Waals surface area (Å²) in [6.07, 6.45) is 1.07. The van der Waals surface area contributed by atoms with Crippen molar-refractivity contribution < 1.29 is 9.57 Å². The number of rotatable bonds is 6. The quantitative estimate of drug-likeness (QED) is 0.819. The predicted molar refractivity (Wildman–Crippen MR) is 91.8 cm³/mol. The molecule has 0 aromatic heterocycles. The molecular weight excluding hydrogens is 288 g/mol. The SMILES string of the molecule is COc1ccc(CCN2CCN(Oc3ccccc3)CC2)cc1. The summed E-state index contributed by atoms with van der Waals surface area (Å²) < 4.78 is 5.19. The van der Waals surface area contributed by atoms with Crippen molar-refractivity contribution in [2.45, 2.75) is 6.42 Å². The summed E-state index contributed by atoms with van der Waals surface area (Å²) in [5.74, 6) is 1.83. The molecule has 2 aromatic carbocycles. The number of hydrogen-bond donors (Lipinski definition) is 0. The summed E-state index contributed by atoms with van der Waals surface area (Å²) in [4.78, 5) is 8.38. The van der Waals surface area contributed by atoms with Gasteiger partial charge >= 0.3 is 0 Å². The number of hydrogen-bond acceptors (Lipinski definition) is 4. The van der Waals surface area contributed by atoms with Gasteiger partial charge in [0.25, 0.3) is 0 Å². The summed E-state index contributed by atoms with van der Waals surface area (Å²) in [6, 6.07) is 18.3. The van der Waals surface area contributed by atoms with E-state index < -0.39 is 0 Å². The van der Waals surface area contributed by atoms with E-state index in [0.717, 1.165) is 50.6 Å². The molecule has 3 rings (SSSR count). The topological polar surface area (TPSA) is 24.9 Å². The number of nitrogens with zero attached hydrogens (tertiary/aromatic N) is 2. The summed E-state index contributed by atoms with van der Waals surface area (Å²) in [5, 5.41) is 2.05. The lowest BCUT2D eigenvalue weighted by Crippen LogP contribution is -2.48. The lowest BCUT2D eigenvalue weighted by Gasteiger charge is -2.33. The van der Waals surface area contributed by atoms with Crippen LogP contribution in [0.25, 0.3) is 0 Å². The van der Waals surface area contributed by atoms with Crippen LogP contribution in [0.5, 0.6) is 11.5 Å². The molecule has 122 valence electrons. The van der Waals surface area contributed by atoms with Gasteiger partial charge in [-0.25, -0.2) is 0 Å². The Kier molecular flexibility index (Phi) is 5.51. The zero-order valence-corrected chi connectivity index (χ0v) is 13.6. The van der Waals surface area contributed by atoms with Gasteiger partial charge in [0.15, 0.2) is 0 Å². The van der Waals surface area contributed by atoms with Gasteiger partial charge in [-0.2, -0.15) is 0 Å². The Morgan fingerprint density at radius 2 is 1.52 bits per heavy atom. The Bertz CT molecular complexity index is 578. The molecule has 0 aliphatic carbocycles. The van der Waals surface area contributed by atoms with Gasteiger partial charge in [-0.3, -0.25) is 0 Å². The van der Waals surface area contributed by atoms with Crippen molar-refractivity contribution in [1.82, 2.24) is 9.96 Å². The van der Waals surface area contributed by atoms with Gasteiger partial charge in [0.05, 0.1) is 7.11 Å². The van der Waals surface area contributed by atoms with Crippen molar-refractivity contribution in [3.05, 3.63) is 60.2 Å². The predicted octanol–water partition coefficient (Wildman–Crippen LogP) is 2.85. The van der Waals surface area contributed by atoms with Crippen molar-refractivity contribution in [2.75, 3.05) is 39.8 Å². The molecular formula is C19H24N2O2. The fourth-order valence-electron chi connectivity index (χ4n) is 2.75. The Morgan fingerprint density at radius 1 is 0.826 bits per heavy atom. The highest BCUT2D eigenvalue weighted by Gasteiger charge is 2.17. The lowest BCUT2D eigenvalue weighted by atomic mass is 10.1. The molecule has 1 aliphatic heterocycles. The van der Waals surface area contributed by atoms with E-state index in [4.69, 9.17) is 9.57 Å². The van der Waals surface area contributed by atoms with E-state index >= 15 is 0 Å². The van der Waals surface area contributed by atoms with Crippen molar-refractivity contribution in [3.63, 3.8) is 0 Å². The molecule has 0 spiro atoms. The molecule has 1 saturated heterocycles. The minimum atomic E-state index is 0.916. The molecule has 1 fully saturated rings. The molecule has 0 unspecified atom stereocenters. The second kappa shape index (κ2) is 7.99. The molecule has 0 saturated carbocycles. The number of hydroxylamine groups is 2. The van der Waals surface area contributed by atoms with Crippen LogP contribution in [0.15, 0.2) is 54.6 Å². The van der Waals surface area contributed by atoms with Crippen molar-refractivity contribution >= 4 is 0 Å². The number of benzene rings is 2. The second-order valence-corrected chi connectivity index (χ2v) is 5.77. The minimum Gasteiger partial charge on any atom is -0.497 e. The fourth-order valence-corrected chi connectivity index (χ4v) is 2.75. The van der Waals surface area contributed by atoms with E-state index in [1.807, 2.05) is 42.5 Å². The van der Waals surface area contributed by atoms with Gasteiger partial charge in [-0.15, -0.1) is 5.06 Å². The van der Waals surface area contributed by atoms with Crippen LogP contribution in [0, 0.1) is 0 Å². The van der Waals surface area contributed by atoms with Gasteiger partial charge < -0.3 is 14.5 Å². The lowest BCUT2D eigenvalue weighted by molar-refractivity contribution is -0.0882. The summed E-state index contributed by atoms with van der Waals surface area (Å²) in [5.41, 5.74) is 1.36. The Morgan fingerprint density at radius 3 is 2.17 bits per heavy atom. The van der Waals surface area contributed by atoms with E-state index in [2.05, 4.69) is 22.1 Å². The van der Waals surface area contributed by atoms with Crippen molar-refractivity contribution in [1.29, 1.82) is 0 Å². The third-order valence-corrected chi connectivity index (χ3v) is 4.18. The maximum atomic E-state index is 5.88. The number of methoxy groups -OCH3 is 1. The molecule has 4 nitrogen and oxygen atoms in total. The van der Waals surface area contributed by atoms with Crippen molar-refractivity contribution in [2.24, 2.45) is 0 Å². The third kappa shape index (κ3) is 4.71. The Balaban J connectivity index is 1.40. The first-order chi connectivity index (χ1) is 11.3. The van der Waals surface area contributed by atoms with Gasteiger partial charge in [0.1, 0.15) is 11.5 Å². The number of para-hydroxylation sites is 1. The van der Waals surface area contributed by atoms with Gasteiger partial charge in [-0.1, -0.05) is 30.3 Å². The normalized spacial score (nSPS) is 16.2. The monoisotopic (exact) mass is 312 g/mol. The molecule has 0 radical (unpaired) electrons. The standard InChI is InChI=1S/C19H24N2O2/c1-22-18-9-7-17(8-10-18)11-12-20-13-15-21(16-14-20)23-19-5-3-2-4-6-19/h2-10H,11-16H2,1H3. The van der Waals surface area contributed by atoms with Gasteiger partial charge in [0, 0.05) is 32.7 Å². The zero-order valence-electron chi connectivity index (χ0n) is 13.6. The van der Waals surface area contributed by atoms with E-state index in [0.29, 0.717) is 0 Å². The van der Waals surface area contributed by atoms with Crippen LogP contribution in [-0.4, -0.2) is 49.8 Å². The summed E-state index contributed by atoms with van der Waals surface area (Å²) in [7, 11) is 1.70. The van der Waals surface area contributed by atoms with Crippen LogP contribution in [0.4, 0.5) is 0 Å². The molecule has 2 aromatic rings. The molecule has 23 heavy (non-hydrogen) atoms. The maximum absolute atomic E-state index is 5.88. The smallest absolute Gasteiger partial charge is 0.147 e. The van der Waals surface area contributed by atoms with Gasteiger partial charge in [-0.05, 0) is 36.2 Å². The largest absolute Gasteiger partial charge is 0.497 e. The molecule has 1 heterocycles. The fraction of sp³-hybridized carbons (Fsp3) is 0.368. The zero-order chi connectivity index (χ0) is 15.9. The third-order valence-electron chi connectivity index (χ3n) is 4.18. The Labute approximate surface area is 138 Å². The average molecular weight is 312 g/mol. The number of ether oxygens (including phenoxy) is 1. The molecule has 0 amide bonds. The number of piperazine rings is 1. The van der Waals surface area contributed by atoms with Gasteiger partial charge in [0.2, 0.25) is 0 Å². The Hall–Kier alpha value is -2.04. The molecule has 0 bridgehead atoms.